The molecule has 1 rings (SSSR count). The van der Waals surface area contributed by atoms with Crippen LogP contribution in [-0.4, -0.2) is 12.6 Å². The van der Waals surface area contributed by atoms with Crippen LogP contribution in [0.3, 0.4) is 0 Å². The van der Waals surface area contributed by atoms with Crippen molar-refractivity contribution >= 4 is 24.2 Å². The van der Waals surface area contributed by atoms with Crippen LogP contribution in [0.2, 0.25) is 0 Å². The van der Waals surface area contributed by atoms with E-state index in [1.54, 1.807) is 24.3 Å². The van der Waals surface area contributed by atoms with Gasteiger partial charge in [-0.3, -0.25) is 9.59 Å². The fourth-order valence-electron chi connectivity index (χ4n) is 1.29. The molecule has 0 amide bonds. The Morgan fingerprint density at radius 1 is 1.06 bits per heavy atom. The molecule has 0 N–H and O–H groups in total. The lowest BCUT2D eigenvalue weighted by molar-refractivity contribution is -0.103. The van der Waals surface area contributed by atoms with E-state index < -0.39 is 0 Å². The molecule has 2 nitrogen and oxygen atoms in total. The number of carbonyl (C=O) groups is 2. The number of aldehydes is 2. The fraction of sp³-hybridized carbons (Fsp3) is 0.250. The molecule has 0 aliphatic carbocycles. The standard InChI is InChI=1S/C12H10O2.2C2H6/c1-3-10-5-4-6-11(8-14)12(10)9(2)7-13;2*1-2/h3-8H,1-2H2;2*1-2H3. The molecule has 0 spiro atoms. The van der Waals surface area contributed by atoms with E-state index >= 15 is 0 Å². The second-order valence-electron chi connectivity index (χ2n) is 2.78. The van der Waals surface area contributed by atoms with Crippen LogP contribution >= 0.6 is 0 Å². The Kier molecular flexibility index (Phi) is 11.8. The summed E-state index contributed by atoms with van der Waals surface area (Å²) in [5, 5.41) is 0. The first-order valence-corrected chi connectivity index (χ1v) is 6.09. The topological polar surface area (TPSA) is 34.1 Å². The number of allylic oxidation sites excluding steroid dienone is 1. The summed E-state index contributed by atoms with van der Waals surface area (Å²) in [5.74, 6) is 0. The quantitative estimate of drug-likeness (QED) is 0.582. The van der Waals surface area contributed by atoms with Crippen molar-refractivity contribution < 1.29 is 9.59 Å². The van der Waals surface area contributed by atoms with Crippen LogP contribution in [0.1, 0.15) is 49.2 Å². The minimum absolute atomic E-state index is 0.294. The van der Waals surface area contributed by atoms with Gasteiger partial charge in [0.05, 0.1) is 0 Å². The smallest absolute Gasteiger partial charge is 0.150 e. The van der Waals surface area contributed by atoms with Gasteiger partial charge in [-0.1, -0.05) is 65.1 Å². The van der Waals surface area contributed by atoms with Crippen molar-refractivity contribution in [3.05, 3.63) is 48.0 Å². The average Bonchev–Trinajstić information content (AvgIpc) is 2.49. The first kappa shape index (κ1) is 18.4. The zero-order valence-corrected chi connectivity index (χ0v) is 11.7. The molecule has 0 atom stereocenters. The predicted octanol–water partition coefficient (Wildman–Crippen LogP) is 4.41. The van der Waals surface area contributed by atoms with Crippen LogP contribution < -0.4 is 0 Å². The maximum absolute atomic E-state index is 10.7. The SMILES string of the molecule is C=Cc1cccc(C=O)c1C(=C)C=O.CC.CC. The third-order valence-electron chi connectivity index (χ3n) is 1.94. The van der Waals surface area contributed by atoms with Crippen molar-refractivity contribution in [3.8, 4) is 0 Å². The third-order valence-corrected chi connectivity index (χ3v) is 1.94. The molecular weight excluding hydrogens is 224 g/mol. The molecule has 2 heteroatoms. The molecule has 0 radical (unpaired) electrons. The molecule has 0 aromatic heterocycles. The van der Waals surface area contributed by atoms with Crippen LogP contribution in [0.15, 0.2) is 31.4 Å². The zero-order valence-electron chi connectivity index (χ0n) is 11.7. The number of rotatable bonds is 4. The van der Waals surface area contributed by atoms with E-state index in [2.05, 4.69) is 13.2 Å². The second-order valence-corrected chi connectivity index (χ2v) is 2.78. The molecule has 1 aromatic carbocycles. The van der Waals surface area contributed by atoms with Gasteiger partial charge >= 0.3 is 0 Å². The van der Waals surface area contributed by atoms with E-state index in [4.69, 9.17) is 0 Å². The highest BCUT2D eigenvalue weighted by molar-refractivity contribution is 6.10. The molecule has 0 heterocycles. The number of carbonyl (C=O) groups excluding carboxylic acids is 2. The van der Waals surface area contributed by atoms with Gasteiger partial charge in [-0.2, -0.15) is 0 Å². The Hall–Kier alpha value is -1.96. The molecule has 0 saturated carbocycles. The largest absolute Gasteiger partial charge is 0.298 e. The molecule has 98 valence electrons. The lowest BCUT2D eigenvalue weighted by atomic mass is 9.96. The van der Waals surface area contributed by atoms with Crippen molar-refractivity contribution in [2.45, 2.75) is 27.7 Å². The van der Waals surface area contributed by atoms with Gasteiger partial charge in [0.25, 0.3) is 0 Å². The van der Waals surface area contributed by atoms with E-state index in [-0.39, 0.29) is 0 Å². The van der Waals surface area contributed by atoms with Crippen LogP contribution in [0.5, 0.6) is 0 Å². The summed E-state index contributed by atoms with van der Waals surface area (Å²) in [4.78, 5) is 21.3. The van der Waals surface area contributed by atoms with Crippen LogP contribution in [0.25, 0.3) is 11.6 Å². The monoisotopic (exact) mass is 246 g/mol. The molecule has 0 bridgehead atoms. The van der Waals surface area contributed by atoms with Gasteiger partial charge in [-0.15, -0.1) is 0 Å². The van der Waals surface area contributed by atoms with Gasteiger partial charge in [0, 0.05) is 16.7 Å². The summed E-state index contributed by atoms with van der Waals surface area (Å²) in [6.45, 7) is 15.2. The van der Waals surface area contributed by atoms with Gasteiger partial charge in [0.1, 0.15) is 6.29 Å². The highest BCUT2D eigenvalue weighted by Gasteiger charge is 2.08. The minimum Gasteiger partial charge on any atom is -0.298 e. The molecule has 0 fully saturated rings. The molecule has 0 unspecified atom stereocenters. The second kappa shape index (κ2) is 11.5. The van der Waals surface area contributed by atoms with Gasteiger partial charge in [-0.05, 0) is 5.56 Å². The highest BCUT2D eigenvalue weighted by Crippen LogP contribution is 2.21. The predicted molar refractivity (Wildman–Crippen MR) is 79.7 cm³/mol. The normalized spacial score (nSPS) is 7.78. The van der Waals surface area contributed by atoms with Crippen molar-refractivity contribution in [2.75, 3.05) is 0 Å². The van der Waals surface area contributed by atoms with E-state index in [0.717, 1.165) is 5.56 Å². The number of hydrogen-bond donors (Lipinski definition) is 0. The maximum atomic E-state index is 10.7. The number of benzene rings is 1. The van der Waals surface area contributed by atoms with Crippen molar-refractivity contribution in [3.63, 3.8) is 0 Å². The Morgan fingerprint density at radius 2 is 1.56 bits per heavy atom. The van der Waals surface area contributed by atoms with Crippen LogP contribution in [0, 0.1) is 0 Å². The fourth-order valence-corrected chi connectivity index (χ4v) is 1.29. The number of hydrogen-bond acceptors (Lipinski definition) is 2. The Bertz CT molecular complexity index is 377. The molecule has 1 aromatic rings. The van der Waals surface area contributed by atoms with Gasteiger partial charge < -0.3 is 0 Å². The lowest BCUT2D eigenvalue weighted by Crippen LogP contribution is -1.95. The van der Waals surface area contributed by atoms with E-state index in [9.17, 15) is 9.59 Å². The first-order valence-electron chi connectivity index (χ1n) is 6.09. The Morgan fingerprint density at radius 3 is 1.94 bits per heavy atom. The zero-order chi connectivity index (χ0) is 14.6. The molecular formula is C16H22O2. The summed E-state index contributed by atoms with van der Waals surface area (Å²) in [7, 11) is 0. The third kappa shape index (κ3) is 4.91. The van der Waals surface area contributed by atoms with Gasteiger partial charge in [-0.25, -0.2) is 0 Å². The Labute approximate surface area is 110 Å². The van der Waals surface area contributed by atoms with Crippen LogP contribution in [0.4, 0.5) is 0 Å². The summed E-state index contributed by atoms with van der Waals surface area (Å²) >= 11 is 0. The molecule has 0 aliphatic heterocycles. The highest BCUT2D eigenvalue weighted by atomic mass is 16.1. The maximum Gasteiger partial charge on any atom is 0.150 e. The van der Waals surface area contributed by atoms with Crippen molar-refractivity contribution in [2.24, 2.45) is 0 Å². The van der Waals surface area contributed by atoms with E-state index in [1.807, 2.05) is 27.7 Å². The summed E-state index contributed by atoms with van der Waals surface area (Å²) in [5.41, 5.74) is 2.06. The molecule has 18 heavy (non-hydrogen) atoms. The lowest BCUT2D eigenvalue weighted by Gasteiger charge is -2.06. The van der Waals surface area contributed by atoms with E-state index in [0.29, 0.717) is 29.3 Å². The summed E-state index contributed by atoms with van der Waals surface area (Å²) < 4.78 is 0. The molecule has 0 aliphatic rings. The Balaban J connectivity index is 0. The minimum atomic E-state index is 0.294. The van der Waals surface area contributed by atoms with Crippen molar-refractivity contribution in [1.29, 1.82) is 0 Å². The van der Waals surface area contributed by atoms with Gasteiger partial charge in [0.2, 0.25) is 0 Å². The van der Waals surface area contributed by atoms with Gasteiger partial charge in [0.15, 0.2) is 6.29 Å². The average molecular weight is 246 g/mol. The first-order chi connectivity index (χ1) is 8.74. The summed E-state index contributed by atoms with van der Waals surface area (Å²) in [6, 6.07) is 5.16. The van der Waals surface area contributed by atoms with Crippen LogP contribution in [-0.2, 0) is 4.79 Å². The molecule has 0 saturated heterocycles. The van der Waals surface area contributed by atoms with E-state index in [1.165, 1.54) is 0 Å². The summed E-state index contributed by atoms with van der Waals surface area (Å²) in [6.07, 6.45) is 2.93. The van der Waals surface area contributed by atoms with Crippen molar-refractivity contribution in [1.82, 2.24) is 0 Å².